The zero-order valence-corrected chi connectivity index (χ0v) is 39.4. The van der Waals surface area contributed by atoms with Crippen LogP contribution in [0.4, 0.5) is 17.1 Å². The molecular formula is C62H65N. The Kier molecular flexibility index (Phi) is 9.65. The van der Waals surface area contributed by atoms with Gasteiger partial charge in [0.15, 0.2) is 0 Å². The predicted octanol–water partition coefficient (Wildman–Crippen LogP) is 17.0. The molecule has 318 valence electrons. The number of hydrogen-bond acceptors (Lipinski definition) is 1. The van der Waals surface area contributed by atoms with Gasteiger partial charge in [-0.05, 0) is 144 Å². The van der Waals surface area contributed by atoms with E-state index in [1.54, 1.807) is 0 Å². The second kappa shape index (κ2) is 14.7. The Balaban J connectivity index is 1.43. The third-order valence-corrected chi connectivity index (χ3v) is 15.8. The van der Waals surface area contributed by atoms with Gasteiger partial charge < -0.3 is 4.90 Å². The van der Waals surface area contributed by atoms with Crippen molar-refractivity contribution in [2.24, 2.45) is 0 Å². The summed E-state index contributed by atoms with van der Waals surface area (Å²) in [6.45, 7) is 24.6. The summed E-state index contributed by atoms with van der Waals surface area (Å²) in [5.41, 5.74) is 21.2. The second-order valence-electron chi connectivity index (χ2n) is 22.0. The van der Waals surface area contributed by atoms with E-state index in [2.05, 4.69) is 232 Å². The molecule has 0 saturated carbocycles. The summed E-state index contributed by atoms with van der Waals surface area (Å²) < 4.78 is 0. The molecular weight excluding hydrogens is 759 g/mol. The van der Waals surface area contributed by atoms with Crippen molar-refractivity contribution >= 4 is 17.1 Å². The smallest absolute Gasteiger partial charge is 0.0714 e. The molecule has 0 N–H and O–H groups in total. The minimum Gasteiger partial charge on any atom is -0.309 e. The lowest BCUT2D eigenvalue weighted by atomic mass is 9.61. The minimum absolute atomic E-state index is 0.00787. The molecule has 0 amide bonds. The summed E-state index contributed by atoms with van der Waals surface area (Å²) in [4.78, 5) is 2.73. The fraction of sp³-hybridized carbons (Fsp3) is 0.323. The molecule has 0 atom stereocenters. The van der Waals surface area contributed by atoms with Gasteiger partial charge in [-0.2, -0.15) is 0 Å². The third kappa shape index (κ3) is 6.31. The summed E-state index contributed by atoms with van der Waals surface area (Å²) in [6, 6.07) is 60.7. The van der Waals surface area contributed by atoms with Gasteiger partial charge in [0.05, 0.1) is 16.8 Å². The third-order valence-electron chi connectivity index (χ3n) is 15.8. The maximum absolute atomic E-state index is 2.73. The van der Waals surface area contributed by atoms with Gasteiger partial charge in [0.1, 0.15) is 0 Å². The van der Waals surface area contributed by atoms with Gasteiger partial charge in [-0.25, -0.2) is 0 Å². The van der Waals surface area contributed by atoms with Gasteiger partial charge in [0, 0.05) is 11.3 Å². The fourth-order valence-electron chi connectivity index (χ4n) is 12.2. The molecule has 1 nitrogen and oxygen atoms in total. The van der Waals surface area contributed by atoms with Crippen molar-refractivity contribution in [3.63, 3.8) is 0 Å². The van der Waals surface area contributed by atoms with Crippen LogP contribution in [-0.2, 0) is 27.1 Å². The molecule has 3 aliphatic carbocycles. The fourth-order valence-corrected chi connectivity index (χ4v) is 12.2. The second-order valence-corrected chi connectivity index (χ2v) is 22.0. The summed E-state index contributed by atoms with van der Waals surface area (Å²) in [5.74, 6) is 0.302. The Hall–Kier alpha value is -5.66. The first-order valence-corrected chi connectivity index (χ1v) is 23.6. The minimum atomic E-state index is -0.542. The molecule has 63 heavy (non-hydrogen) atoms. The lowest BCUT2D eigenvalue weighted by Gasteiger charge is -2.46. The number of para-hydroxylation sites is 1. The van der Waals surface area contributed by atoms with Crippen LogP contribution in [0.1, 0.15) is 151 Å². The van der Waals surface area contributed by atoms with Crippen molar-refractivity contribution in [1.82, 2.24) is 0 Å². The van der Waals surface area contributed by atoms with Gasteiger partial charge >= 0.3 is 0 Å². The Labute approximate surface area is 378 Å². The van der Waals surface area contributed by atoms with E-state index in [9.17, 15) is 0 Å². The van der Waals surface area contributed by atoms with E-state index < -0.39 is 5.41 Å². The number of anilines is 3. The van der Waals surface area contributed by atoms with Crippen LogP contribution < -0.4 is 4.90 Å². The number of rotatable bonds is 7. The monoisotopic (exact) mass is 824 g/mol. The molecule has 0 heterocycles. The molecule has 0 saturated heterocycles. The van der Waals surface area contributed by atoms with Crippen LogP contribution in [0.25, 0.3) is 22.3 Å². The Morgan fingerprint density at radius 2 is 0.889 bits per heavy atom. The SMILES string of the molecule is CC(C)c1ccc2c(c1N(c1ccccc1)c1cc3c(cc1-c1cccc4c1C(C)(C)CCC4(C)C)-c1ccccc1C3(c1ccccc1)c1ccccc1)C(C)(C)CCC2(C)C. The molecule has 7 aromatic rings. The molecule has 0 radical (unpaired) electrons. The first-order chi connectivity index (χ1) is 30.1. The summed E-state index contributed by atoms with van der Waals surface area (Å²) in [5, 5.41) is 0. The van der Waals surface area contributed by atoms with Crippen LogP contribution in [-0.4, -0.2) is 0 Å². The zero-order valence-electron chi connectivity index (χ0n) is 39.4. The van der Waals surface area contributed by atoms with E-state index >= 15 is 0 Å². The van der Waals surface area contributed by atoms with E-state index in [-0.39, 0.29) is 21.7 Å². The largest absolute Gasteiger partial charge is 0.309 e. The number of benzene rings is 7. The van der Waals surface area contributed by atoms with E-state index in [0.717, 1.165) is 12.8 Å². The summed E-state index contributed by atoms with van der Waals surface area (Å²) >= 11 is 0. The molecule has 0 aliphatic heterocycles. The first-order valence-electron chi connectivity index (χ1n) is 23.6. The van der Waals surface area contributed by atoms with Gasteiger partial charge in [0.25, 0.3) is 0 Å². The van der Waals surface area contributed by atoms with Crippen molar-refractivity contribution in [2.45, 2.75) is 128 Å². The summed E-state index contributed by atoms with van der Waals surface area (Å²) in [6.07, 6.45) is 4.62. The molecule has 0 spiro atoms. The average molecular weight is 824 g/mol. The van der Waals surface area contributed by atoms with Crippen molar-refractivity contribution in [3.05, 3.63) is 208 Å². The molecule has 0 bridgehead atoms. The van der Waals surface area contributed by atoms with Crippen LogP contribution in [0.3, 0.4) is 0 Å². The van der Waals surface area contributed by atoms with Gasteiger partial charge in [-0.15, -0.1) is 0 Å². The van der Waals surface area contributed by atoms with Crippen molar-refractivity contribution in [2.75, 3.05) is 4.90 Å². The topological polar surface area (TPSA) is 3.24 Å². The number of fused-ring (bicyclic) bond motifs is 5. The van der Waals surface area contributed by atoms with Crippen molar-refractivity contribution in [1.29, 1.82) is 0 Å². The highest BCUT2D eigenvalue weighted by molar-refractivity contribution is 5.98. The van der Waals surface area contributed by atoms with Gasteiger partial charge in [-0.1, -0.05) is 203 Å². The highest BCUT2D eigenvalue weighted by atomic mass is 15.2. The van der Waals surface area contributed by atoms with E-state index in [4.69, 9.17) is 0 Å². The first kappa shape index (κ1) is 41.4. The number of nitrogens with zero attached hydrogens (tertiary/aromatic N) is 1. The average Bonchev–Trinajstić information content (AvgIpc) is 3.57. The van der Waals surface area contributed by atoms with Crippen LogP contribution >= 0.6 is 0 Å². The zero-order chi connectivity index (χ0) is 44.1. The van der Waals surface area contributed by atoms with Crippen molar-refractivity contribution in [3.8, 4) is 22.3 Å². The normalized spacial score (nSPS) is 18.2. The van der Waals surface area contributed by atoms with E-state index in [0.29, 0.717) is 5.92 Å². The Bertz CT molecular complexity index is 2810. The highest BCUT2D eigenvalue weighted by Crippen LogP contribution is 2.62. The number of hydrogen-bond donors (Lipinski definition) is 0. The molecule has 0 aromatic heterocycles. The lowest BCUT2D eigenvalue weighted by Crippen LogP contribution is -2.36. The molecule has 7 aromatic carbocycles. The standard InChI is InChI=1S/C62H65N/c1-41(2)45-33-34-52-56(61(9,10)38-36-59(52,5)6)57(45)63(44-27-18-13-19-28-44)54-40-53-48(39-49(54)47-30-22-32-51-55(47)60(7,8)37-35-58(51,3)4)46-29-20-21-31-50(46)62(53,42-23-14-11-15-24-42)43-25-16-12-17-26-43/h11-34,39-41H,35-38H2,1-10H3. The molecule has 0 fully saturated rings. The van der Waals surface area contributed by atoms with E-state index in [1.807, 2.05) is 0 Å². The summed E-state index contributed by atoms with van der Waals surface area (Å²) in [7, 11) is 0. The van der Waals surface area contributed by atoms with Crippen LogP contribution in [0, 0.1) is 0 Å². The molecule has 3 aliphatic rings. The van der Waals surface area contributed by atoms with Gasteiger partial charge in [-0.3, -0.25) is 0 Å². The molecule has 10 rings (SSSR count). The highest BCUT2D eigenvalue weighted by Gasteiger charge is 2.48. The quantitative estimate of drug-likeness (QED) is 0.155. The lowest BCUT2D eigenvalue weighted by molar-refractivity contribution is 0.332. The van der Waals surface area contributed by atoms with E-state index in [1.165, 1.54) is 102 Å². The van der Waals surface area contributed by atoms with Crippen LogP contribution in [0.2, 0.25) is 0 Å². The predicted molar refractivity (Wildman–Crippen MR) is 269 cm³/mol. The molecule has 1 heteroatoms. The Morgan fingerprint density at radius 1 is 0.397 bits per heavy atom. The van der Waals surface area contributed by atoms with Crippen molar-refractivity contribution < 1.29 is 0 Å². The van der Waals surface area contributed by atoms with Crippen LogP contribution in [0.15, 0.2) is 158 Å². The van der Waals surface area contributed by atoms with Crippen LogP contribution in [0.5, 0.6) is 0 Å². The molecule has 0 unspecified atom stereocenters. The Morgan fingerprint density at radius 3 is 1.49 bits per heavy atom. The van der Waals surface area contributed by atoms with Gasteiger partial charge in [0.2, 0.25) is 0 Å². The maximum atomic E-state index is 2.73. The maximum Gasteiger partial charge on any atom is 0.0714 e.